The Morgan fingerprint density at radius 1 is 1.42 bits per heavy atom. The fraction of sp³-hybridized carbons (Fsp3) is 0.353. The van der Waals surface area contributed by atoms with Gasteiger partial charge in [0.1, 0.15) is 23.2 Å². The first-order valence-corrected chi connectivity index (χ1v) is 9.15. The highest BCUT2D eigenvalue weighted by atomic mass is 32.2. The summed E-state index contributed by atoms with van der Waals surface area (Å²) in [7, 11) is 0. The SMILES string of the molecule is CCOC1=C(C(=O)O)N2C(=O)[C@@H](NC(=O)[C@H](N)c3ccccc3)[C@H]2SC1. The summed E-state index contributed by atoms with van der Waals surface area (Å²) in [6.45, 7) is 2.06. The number of carbonyl (C=O) groups is 3. The molecule has 26 heavy (non-hydrogen) atoms. The molecule has 0 aliphatic carbocycles. The normalized spacial score (nSPS) is 23.0. The van der Waals surface area contributed by atoms with Crippen LogP contribution in [-0.4, -0.2) is 51.6 Å². The van der Waals surface area contributed by atoms with Gasteiger partial charge in [-0.2, -0.15) is 0 Å². The molecular weight excluding hydrogens is 358 g/mol. The summed E-state index contributed by atoms with van der Waals surface area (Å²) in [5, 5.41) is 11.6. The van der Waals surface area contributed by atoms with Gasteiger partial charge in [0.05, 0.1) is 12.4 Å². The maximum atomic E-state index is 12.5. The number of benzene rings is 1. The van der Waals surface area contributed by atoms with Crippen LogP contribution in [0.15, 0.2) is 41.8 Å². The van der Waals surface area contributed by atoms with E-state index in [4.69, 9.17) is 10.5 Å². The molecule has 3 rings (SSSR count). The third-order valence-electron chi connectivity index (χ3n) is 4.19. The summed E-state index contributed by atoms with van der Waals surface area (Å²) in [5.41, 5.74) is 6.43. The van der Waals surface area contributed by atoms with Gasteiger partial charge in [-0.1, -0.05) is 30.3 Å². The number of amides is 2. The Labute approximate surface area is 154 Å². The minimum Gasteiger partial charge on any atom is -0.495 e. The van der Waals surface area contributed by atoms with Gasteiger partial charge in [-0.05, 0) is 12.5 Å². The molecule has 0 radical (unpaired) electrons. The van der Waals surface area contributed by atoms with E-state index in [1.54, 1.807) is 31.2 Å². The summed E-state index contributed by atoms with van der Waals surface area (Å²) < 4.78 is 5.35. The Hall–Kier alpha value is -2.52. The predicted octanol–water partition coefficient (Wildman–Crippen LogP) is 0.419. The van der Waals surface area contributed by atoms with Crippen LogP contribution < -0.4 is 11.1 Å². The minimum absolute atomic E-state index is 0.154. The second-order valence-corrected chi connectivity index (χ2v) is 6.90. The van der Waals surface area contributed by atoms with E-state index in [1.807, 2.05) is 6.07 Å². The average molecular weight is 377 g/mol. The minimum atomic E-state index is -1.22. The van der Waals surface area contributed by atoms with Crippen molar-refractivity contribution in [2.75, 3.05) is 12.4 Å². The molecule has 2 aliphatic heterocycles. The molecule has 0 bridgehead atoms. The second-order valence-electron chi connectivity index (χ2n) is 5.79. The first-order chi connectivity index (χ1) is 12.5. The Morgan fingerprint density at radius 3 is 2.73 bits per heavy atom. The maximum Gasteiger partial charge on any atom is 0.356 e. The number of nitrogens with one attached hydrogen (secondary N) is 1. The number of thioether (sulfide) groups is 1. The predicted molar refractivity (Wildman–Crippen MR) is 94.7 cm³/mol. The zero-order chi connectivity index (χ0) is 18.8. The van der Waals surface area contributed by atoms with Crippen molar-refractivity contribution in [3.05, 3.63) is 47.4 Å². The number of rotatable bonds is 6. The first kappa shape index (κ1) is 18.3. The number of hydrogen-bond acceptors (Lipinski definition) is 6. The molecular formula is C17H19N3O5S. The molecule has 4 N–H and O–H groups in total. The molecule has 3 atom stereocenters. The maximum absolute atomic E-state index is 12.5. The van der Waals surface area contributed by atoms with Gasteiger partial charge in [0.25, 0.3) is 5.91 Å². The highest BCUT2D eigenvalue weighted by Gasteiger charge is 2.55. The third kappa shape index (κ3) is 3.15. The van der Waals surface area contributed by atoms with Gasteiger partial charge < -0.3 is 20.9 Å². The number of aliphatic carboxylic acids is 1. The molecule has 0 unspecified atom stereocenters. The molecule has 2 aliphatic rings. The molecule has 0 aromatic heterocycles. The van der Waals surface area contributed by atoms with E-state index in [0.717, 1.165) is 0 Å². The summed E-state index contributed by atoms with van der Waals surface area (Å²) in [6, 6.07) is 7.11. The number of fused-ring (bicyclic) bond motifs is 1. The molecule has 8 nitrogen and oxygen atoms in total. The standard InChI is InChI=1S/C17H19N3O5S/c1-2-25-10-8-26-16-12(15(22)20(16)13(10)17(23)24)19-14(21)11(18)9-6-4-3-5-7-9/h3-7,11-12,16H,2,8,18H2,1H3,(H,19,21)(H,23,24)/t11-,12-,16-/m1/s1. The van der Waals surface area contributed by atoms with E-state index in [0.29, 0.717) is 17.9 Å². The summed E-state index contributed by atoms with van der Waals surface area (Å²) in [4.78, 5) is 37.6. The Kier molecular flexibility index (Phi) is 5.19. The van der Waals surface area contributed by atoms with Crippen molar-refractivity contribution in [2.45, 2.75) is 24.4 Å². The van der Waals surface area contributed by atoms with Crippen LogP contribution in [0.4, 0.5) is 0 Å². The third-order valence-corrected chi connectivity index (χ3v) is 5.45. The fourth-order valence-corrected chi connectivity index (χ4v) is 4.21. The van der Waals surface area contributed by atoms with Crippen LogP contribution in [0.25, 0.3) is 0 Å². The van der Waals surface area contributed by atoms with Crippen molar-refractivity contribution in [1.82, 2.24) is 10.2 Å². The van der Waals surface area contributed by atoms with Gasteiger partial charge in [-0.25, -0.2) is 4.79 Å². The Balaban J connectivity index is 1.73. The second kappa shape index (κ2) is 7.38. The lowest BCUT2D eigenvalue weighted by Gasteiger charge is -2.49. The van der Waals surface area contributed by atoms with Gasteiger partial charge in [0, 0.05) is 0 Å². The van der Waals surface area contributed by atoms with E-state index in [1.165, 1.54) is 16.7 Å². The largest absolute Gasteiger partial charge is 0.495 e. The van der Waals surface area contributed by atoms with Crippen LogP contribution in [0, 0.1) is 0 Å². The van der Waals surface area contributed by atoms with E-state index >= 15 is 0 Å². The number of carboxylic acid groups (broad SMARTS) is 1. The van der Waals surface area contributed by atoms with Crippen LogP contribution in [0.2, 0.25) is 0 Å². The first-order valence-electron chi connectivity index (χ1n) is 8.10. The monoisotopic (exact) mass is 377 g/mol. The molecule has 1 fully saturated rings. The summed E-state index contributed by atoms with van der Waals surface area (Å²) in [6.07, 6.45) is 0. The molecule has 0 saturated carbocycles. The number of β-lactam (4-membered cyclic amide) rings is 1. The van der Waals surface area contributed by atoms with Crippen molar-refractivity contribution >= 4 is 29.5 Å². The lowest BCUT2D eigenvalue weighted by molar-refractivity contribution is -0.151. The van der Waals surface area contributed by atoms with E-state index < -0.39 is 35.2 Å². The number of ether oxygens (including phenoxy) is 1. The van der Waals surface area contributed by atoms with Crippen LogP contribution in [0.5, 0.6) is 0 Å². The summed E-state index contributed by atoms with van der Waals surface area (Å²) in [5.74, 6) is -1.60. The lowest BCUT2D eigenvalue weighted by Crippen LogP contribution is -2.71. The van der Waals surface area contributed by atoms with Crippen molar-refractivity contribution < 1.29 is 24.2 Å². The van der Waals surface area contributed by atoms with E-state index in [9.17, 15) is 19.5 Å². The zero-order valence-electron chi connectivity index (χ0n) is 14.0. The fourth-order valence-electron chi connectivity index (χ4n) is 2.93. The quantitative estimate of drug-likeness (QED) is 0.614. The van der Waals surface area contributed by atoms with E-state index in [-0.39, 0.29) is 11.5 Å². The smallest absolute Gasteiger partial charge is 0.356 e. The molecule has 2 amide bonds. The van der Waals surface area contributed by atoms with Crippen molar-refractivity contribution in [3.8, 4) is 0 Å². The average Bonchev–Trinajstić information content (AvgIpc) is 2.65. The molecule has 138 valence electrons. The molecule has 0 spiro atoms. The molecule has 9 heteroatoms. The van der Waals surface area contributed by atoms with Gasteiger partial charge in [0.2, 0.25) is 5.91 Å². The van der Waals surface area contributed by atoms with Crippen LogP contribution in [0.3, 0.4) is 0 Å². The van der Waals surface area contributed by atoms with Gasteiger partial charge in [-0.3, -0.25) is 14.5 Å². The number of carboxylic acids is 1. The molecule has 1 saturated heterocycles. The van der Waals surface area contributed by atoms with Crippen molar-refractivity contribution in [2.24, 2.45) is 5.73 Å². The Bertz CT molecular complexity index is 767. The zero-order valence-corrected chi connectivity index (χ0v) is 14.9. The van der Waals surface area contributed by atoms with Gasteiger partial charge in [0.15, 0.2) is 5.70 Å². The Morgan fingerprint density at radius 2 is 2.12 bits per heavy atom. The number of nitrogens with two attached hydrogens (primary N) is 1. The highest BCUT2D eigenvalue weighted by Crippen LogP contribution is 2.40. The van der Waals surface area contributed by atoms with Gasteiger partial charge >= 0.3 is 5.97 Å². The van der Waals surface area contributed by atoms with Crippen LogP contribution in [-0.2, 0) is 19.1 Å². The molecule has 1 aromatic rings. The van der Waals surface area contributed by atoms with Crippen molar-refractivity contribution in [3.63, 3.8) is 0 Å². The number of carbonyl (C=O) groups excluding carboxylic acids is 2. The lowest BCUT2D eigenvalue weighted by atomic mass is 10.0. The number of nitrogens with zero attached hydrogens (tertiary/aromatic N) is 1. The molecule has 2 heterocycles. The summed E-state index contributed by atoms with van der Waals surface area (Å²) >= 11 is 1.35. The highest BCUT2D eigenvalue weighted by molar-refractivity contribution is 8.00. The molecule has 1 aromatic carbocycles. The van der Waals surface area contributed by atoms with E-state index in [2.05, 4.69) is 5.32 Å². The number of hydrogen-bond donors (Lipinski definition) is 3. The van der Waals surface area contributed by atoms with Crippen molar-refractivity contribution in [1.29, 1.82) is 0 Å². The van der Waals surface area contributed by atoms with Gasteiger partial charge in [-0.15, -0.1) is 11.8 Å². The van der Waals surface area contributed by atoms with Crippen LogP contribution in [0.1, 0.15) is 18.5 Å². The topological polar surface area (TPSA) is 122 Å². The van der Waals surface area contributed by atoms with Crippen LogP contribution >= 0.6 is 11.8 Å².